The second kappa shape index (κ2) is 7.64. The Labute approximate surface area is 147 Å². The molecule has 0 radical (unpaired) electrons. The maximum absolute atomic E-state index is 13.3. The number of rotatable bonds is 5. The van der Waals surface area contributed by atoms with Crippen molar-refractivity contribution in [1.82, 2.24) is 5.16 Å². The molecule has 3 rings (SSSR count). The summed E-state index contributed by atoms with van der Waals surface area (Å²) in [6, 6.07) is 11.6. The molecule has 0 atom stereocenters. The Hall–Kier alpha value is -3.42. The first-order valence-corrected chi connectivity index (χ1v) is 7.54. The van der Waals surface area contributed by atoms with Crippen molar-refractivity contribution in [3.63, 3.8) is 0 Å². The first-order valence-electron chi connectivity index (χ1n) is 7.54. The van der Waals surface area contributed by atoms with Gasteiger partial charge in [-0.3, -0.25) is 0 Å². The summed E-state index contributed by atoms with van der Waals surface area (Å²) in [6.45, 7) is -0.0281. The minimum Gasteiger partial charge on any atom is -0.487 e. The quantitative estimate of drug-likeness (QED) is 0.673. The summed E-state index contributed by atoms with van der Waals surface area (Å²) in [5.41, 5.74) is 0.779. The average Bonchev–Trinajstić information content (AvgIpc) is 3.18. The highest BCUT2D eigenvalue weighted by atomic mass is 19.2. The zero-order chi connectivity index (χ0) is 18.5. The molecule has 0 aliphatic carbocycles. The lowest BCUT2D eigenvalue weighted by atomic mass is 10.2. The molecule has 6 nitrogen and oxygen atoms in total. The first-order chi connectivity index (χ1) is 12.6. The fourth-order valence-electron chi connectivity index (χ4n) is 2.28. The summed E-state index contributed by atoms with van der Waals surface area (Å²) in [5, 5.41) is 3.58. The van der Waals surface area contributed by atoms with Crippen molar-refractivity contribution < 1.29 is 27.6 Å². The summed E-state index contributed by atoms with van der Waals surface area (Å²) < 4.78 is 41.9. The van der Waals surface area contributed by atoms with Gasteiger partial charge >= 0.3 is 6.09 Å². The van der Waals surface area contributed by atoms with E-state index in [-0.39, 0.29) is 12.5 Å². The summed E-state index contributed by atoms with van der Waals surface area (Å²) in [6.07, 6.45) is 0.682. The molecule has 0 unspecified atom stereocenters. The standard InChI is InChI=1S/C18H14F2N2O4/c1-24-18(23)22(17-8-9-21-26-17)15-4-2-3-5-16(15)25-11-12-6-7-13(19)14(20)10-12/h2-10H,11H2,1H3. The van der Waals surface area contributed by atoms with E-state index in [1.54, 1.807) is 24.3 Å². The SMILES string of the molecule is COC(=O)N(c1ccno1)c1ccccc1OCc1ccc(F)c(F)c1. The number of aromatic nitrogens is 1. The van der Waals surface area contributed by atoms with Crippen LogP contribution in [-0.2, 0) is 11.3 Å². The number of nitrogens with zero attached hydrogens (tertiary/aromatic N) is 2. The second-order valence-electron chi connectivity index (χ2n) is 5.16. The Balaban J connectivity index is 1.89. The van der Waals surface area contributed by atoms with Crippen LogP contribution < -0.4 is 9.64 Å². The van der Waals surface area contributed by atoms with Gasteiger partial charge in [-0.2, -0.15) is 0 Å². The number of para-hydroxylation sites is 2. The van der Waals surface area contributed by atoms with Crippen molar-refractivity contribution in [3.8, 4) is 5.75 Å². The van der Waals surface area contributed by atoms with Crippen LogP contribution in [0.5, 0.6) is 5.75 Å². The van der Waals surface area contributed by atoms with Gasteiger partial charge in [0.1, 0.15) is 12.4 Å². The van der Waals surface area contributed by atoms with Crippen molar-refractivity contribution in [2.24, 2.45) is 0 Å². The molecule has 0 aliphatic rings. The minimum absolute atomic E-state index is 0.0281. The molecule has 2 aromatic carbocycles. The van der Waals surface area contributed by atoms with E-state index in [0.717, 1.165) is 17.0 Å². The summed E-state index contributed by atoms with van der Waals surface area (Å²) in [7, 11) is 1.23. The van der Waals surface area contributed by atoms with Crippen molar-refractivity contribution in [3.05, 3.63) is 71.9 Å². The maximum atomic E-state index is 13.3. The highest BCUT2D eigenvalue weighted by Crippen LogP contribution is 2.34. The van der Waals surface area contributed by atoms with Crippen LogP contribution in [0.4, 0.5) is 25.1 Å². The van der Waals surface area contributed by atoms with Crippen LogP contribution in [-0.4, -0.2) is 18.4 Å². The zero-order valence-corrected chi connectivity index (χ0v) is 13.7. The summed E-state index contributed by atoms with van der Waals surface area (Å²) >= 11 is 0. The lowest BCUT2D eigenvalue weighted by molar-refractivity contribution is 0.179. The molecule has 26 heavy (non-hydrogen) atoms. The average molecular weight is 360 g/mol. The van der Waals surface area contributed by atoms with Crippen LogP contribution in [0.25, 0.3) is 0 Å². The highest BCUT2D eigenvalue weighted by molar-refractivity contribution is 5.96. The number of amides is 1. The van der Waals surface area contributed by atoms with E-state index in [0.29, 0.717) is 17.0 Å². The van der Waals surface area contributed by atoms with Gasteiger partial charge in [0.25, 0.3) is 0 Å². The molecule has 1 aromatic heterocycles. The van der Waals surface area contributed by atoms with Crippen molar-refractivity contribution in [1.29, 1.82) is 0 Å². The molecule has 1 heterocycles. The lowest BCUT2D eigenvalue weighted by Crippen LogP contribution is -2.25. The van der Waals surface area contributed by atoms with Crippen LogP contribution in [0, 0.1) is 11.6 Å². The zero-order valence-electron chi connectivity index (χ0n) is 13.7. The number of hydrogen-bond acceptors (Lipinski definition) is 5. The third-order valence-corrected chi connectivity index (χ3v) is 3.49. The molecule has 0 aliphatic heterocycles. The maximum Gasteiger partial charge on any atom is 0.421 e. The van der Waals surface area contributed by atoms with E-state index < -0.39 is 17.7 Å². The molecule has 0 saturated carbocycles. The fraction of sp³-hybridized carbons (Fsp3) is 0.111. The molecule has 0 saturated heterocycles. The van der Waals surface area contributed by atoms with Gasteiger partial charge < -0.3 is 14.0 Å². The van der Waals surface area contributed by atoms with Gasteiger partial charge in [0.2, 0.25) is 5.88 Å². The number of hydrogen-bond donors (Lipinski definition) is 0. The lowest BCUT2D eigenvalue weighted by Gasteiger charge is -2.20. The topological polar surface area (TPSA) is 64.8 Å². The third-order valence-electron chi connectivity index (χ3n) is 3.49. The Morgan fingerprint density at radius 2 is 1.96 bits per heavy atom. The summed E-state index contributed by atoms with van der Waals surface area (Å²) in [4.78, 5) is 13.3. The first kappa shape index (κ1) is 17.4. The Bertz CT molecular complexity index is 900. The molecular formula is C18H14F2N2O4. The number of carbonyl (C=O) groups is 1. The third kappa shape index (κ3) is 3.64. The second-order valence-corrected chi connectivity index (χ2v) is 5.16. The summed E-state index contributed by atoms with van der Waals surface area (Å²) in [5.74, 6) is -1.44. The number of ether oxygens (including phenoxy) is 2. The van der Waals surface area contributed by atoms with E-state index in [2.05, 4.69) is 5.16 Å². The van der Waals surface area contributed by atoms with Gasteiger partial charge in [0.05, 0.1) is 19.0 Å². The largest absolute Gasteiger partial charge is 0.487 e. The van der Waals surface area contributed by atoms with E-state index in [9.17, 15) is 13.6 Å². The van der Waals surface area contributed by atoms with Crippen molar-refractivity contribution in [2.75, 3.05) is 12.0 Å². The predicted molar refractivity (Wildman–Crippen MR) is 88.2 cm³/mol. The molecular weight excluding hydrogens is 346 g/mol. The van der Waals surface area contributed by atoms with Gasteiger partial charge in [-0.15, -0.1) is 0 Å². The molecule has 1 amide bonds. The normalized spacial score (nSPS) is 10.4. The Morgan fingerprint density at radius 3 is 2.65 bits per heavy atom. The monoisotopic (exact) mass is 360 g/mol. The van der Waals surface area contributed by atoms with Gasteiger partial charge in [-0.05, 0) is 29.8 Å². The molecule has 8 heteroatoms. The molecule has 0 N–H and O–H groups in total. The van der Waals surface area contributed by atoms with Crippen LogP contribution in [0.3, 0.4) is 0 Å². The molecule has 0 fully saturated rings. The van der Waals surface area contributed by atoms with E-state index in [1.807, 2.05) is 0 Å². The number of carbonyl (C=O) groups excluding carboxylic acids is 1. The van der Waals surface area contributed by atoms with Gasteiger partial charge in [0.15, 0.2) is 11.6 Å². The van der Waals surface area contributed by atoms with Gasteiger partial charge in [-0.25, -0.2) is 18.5 Å². The van der Waals surface area contributed by atoms with Crippen LogP contribution in [0.1, 0.15) is 5.56 Å². The fourth-order valence-corrected chi connectivity index (χ4v) is 2.28. The Kier molecular flexibility index (Phi) is 5.12. The number of benzene rings is 2. The molecule has 134 valence electrons. The van der Waals surface area contributed by atoms with Crippen molar-refractivity contribution in [2.45, 2.75) is 6.61 Å². The van der Waals surface area contributed by atoms with Gasteiger partial charge in [0, 0.05) is 6.07 Å². The Morgan fingerprint density at radius 1 is 1.15 bits per heavy atom. The van der Waals surface area contributed by atoms with Crippen LogP contribution in [0.15, 0.2) is 59.3 Å². The van der Waals surface area contributed by atoms with Crippen LogP contribution in [0.2, 0.25) is 0 Å². The van der Waals surface area contributed by atoms with E-state index in [4.69, 9.17) is 14.0 Å². The van der Waals surface area contributed by atoms with E-state index in [1.165, 1.54) is 25.4 Å². The van der Waals surface area contributed by atoms with E-state index >= 15 is 0 Å². The predicted octanol–water partition coefficient (Wildman–Crippen LogP) is 4.44. The number of methoxy groups -OCH3 is 1. The minimum atomic E-state index is -0.961. The number of anilines is 2. The van der Waals surface area contributed by atoms with Crippen molar-refractivity contribution >= 4 is 17.7 Å². The van der Waals surface area contributed by atoms with Gasteiger partial charge in [-0.1, -0.05) is 23.4 Å². The molecule has 0 bridgehead atoms. The molecule has 3 aromatic rings. The smallest absolute Gasteiger partial charge is 0.421 e. The number of halogens is 2. The highest BCUT2D eigenvalue weighted by Gasteiger charge is 2.25. The van der Waals surface area contributed by atoms with Crippen LogP contribution >= 0.6 is 0 Å². The molecule has 0 spiro atoms.